The maximum absolute atomic E-state index is 5.59. The van der Waals surface area contributed by atoms with Gasteiger partial charge >= 0.3 is 0 Å². The molecule has 0 aromatic carbocycles. The zero-order chi connectivity index (χ0) is 10.1. The molecule has 0 aromatic rings. The van der Waals surface area contributed by atoms with E-state index in [0.29, 0.717) is 19.7 Å². The lowest BCUT2D eigenvalue weighted by Gasteiger charge is -2.20. The topological polar surface area (TPSA) is 39.7 Å². The molecule has 14 heavy (non-hydrogen) atoms. The number of hydrogen-bond donors (Lipinski definition) is 1. The van der Waals surface area contributed by atoms with Gasteiger partial charge in [-0.1, -0.05) is 6.42 Å². The van der Waals surface area contributed by atoms with Gasteiger partial charge in [0, 0.05) is 7.11 Å². The monoisotopic (exact) mass is 219 g/mol. The fourth-order valence-corrected chi connectivity index (χ4v) is 2.83. The summed E-state index contributed by atoms with van der Waals surface area (Å²) in [4.78, 5) is 3.51. The third kappa shape index (κ3) is 5.72. The van der Waals surface area contributed by atoms with Crippen LogP contribution in [0.4, 0.5) is 0 Å². The van der Waals surface area contributed by atoms with Crippen LogP contribution in [-0.2, 0) is 14.2 Å². The van der Waals surface area contributed by atoms with E-state index >= 15 is 0 Å². The second-order valence-electron chi connectivity index (χ2n) is 3.55. The molecule has 1 rings (SSSR count). The van der Waals surface area contributed by atoms with Crippen molar-refractivity contribution < 1.29 is 14.2 Å². The zero-order valence-corrected chi connectivity index (χ0v) is 10.4. The van der Waals surface area contributed by atoms with Gasteiger partial charge in [-0.2, -0.15) is 0 Å². The van der Waals surface area contributed by atoms with Crippen molar-refractivity contribution >= 4 is 9.68 Å². The molecule has 0 radical (unpaired) electrons. The molecule has 0 bridgehead atoms. The summed E-state index contributed by atoms with van der Waals surface area (Å²) in [5.74, 6) is 0. The van der Waals surface area contributed by atoms with Crippen LogP contribution in [-0.4, -0.2) is 43.0 Å². The standard InChI is InChI=1S/C9H21NO3Si/c1-11-7-12-8-13-9-3-2-6-14-10-5-4-9/h9-10H,2-8,14H2,1H3. The molecule has 1 N–H and O–H groups in total. The van der Waals surface area contributed by atoms with Crippen LogP contribution >= 0.6 is 0 Å². The number of hydrogen-bond acceptors (Lipinski definition) is 4. The quantitative estimate of drug-likeness (QED) is 0.408. The number of ether oxygens (including phenoxy) is 3. The van der Waals surface area contributed by atoms with Crippen LogP contribution in [0.25, 0.3) is 0 Å². The lowest BCUT2D eigenvalue weighted by molar-refractivity contribution is -0.143. The van der Waals surface area contributed by atoms with Crippen LogP contribution in [0.2, 0.25) is 6.04 Å². The molecule has 84 valence electrons. The van der Waals surface area contributed by atoms with E-state index in [0.717, 1.165) is 13.0 Å². The second-order valence-corrected chi connectivity index (χ2v) is 5.26. The lowest BCUT2D eigenvalue weighted by atomic mass is 10.1. The van der Waals surface area contributed by atoms with E-state index in [9.17, 15) is 0 Å². The Balaban J connectivity index is 2.02. The predicted octanol–water partition coefficient (Wildman–Crippen LogP) is 0.225. The van der Waals surface area contributed by atoms with Crippen LogP contribution in [0.1, 0.15) is 19.3 Å². The molecule has 0 aliphatic carbocycles. The minimum Gasteiger partial charge on any atom is -0.359 e. The molecule has 1 fully saturated rings. The van der Waals surface area contributed by atoms with Crippen LogP contribution < -0.4 is 4.98 Å². The first-order valence-electron chi connectivity index (χ1n) is 5.32. The van der Waals surface area contributed by atoms with Crippen molar-refractivity contribution in [1.29, 1.82) is 0 Å². The molecule has 1 aliphatic heterocycles. The van der Waals surface area contributed by atoms with Gasteiger partial charge in [-0.25, -0.2) is 0 Å². The second kappa shape index (κ2) is 8.37. The summed E-state index contributed by atoms with van der Waals surface area (Å²) in [6, 6.07) is 1.39. The van der Waals surface area contributed by atoms with E-state index in [1.54, 1.807) is 7.11 Å². The number of nitrogens with one attached hydrogen (secondary N) is 1. The average molecular weight is 219 g/mol. The van der Waals surface area contributed by atoms with E-state index in [1.165, 1.54) is 18.9 Å². The van der Waals surface area contributed by atoms with Crippen molar-refractivity contribution in [2.24, 2.45) is 0 Å². The average Bonchev–Trinajstić information content (AvgIpc) is 2.15. The highest BCUT2D eigenvalue weighted by molar-refractivity contribution is 6.32. The zero-order valence-electron chi connectivity index (χ0n) is 8.96. The van der Waals surface area contributed by atoms with Crippen molar-refractivity contribution in [3.8, 4) is 0 Å². The summed E-state index contributed by atoms with van der Waals surface area (Å²) in [7, 11) is 1.66. The summed E-state index contributed by atoms with van der Waals surface area (Å²) in [5.41, 5.74) is 0. The summed E-state index contributed by atoms with van der Waals surface area (Å²) in [5, 5.41) is 0. The van der Waals surface area contributed by atoms with Crippen molar-refractivity contribution in [2.45, 2.75) is 31.4 Å². The smallest absolute Gasteiger partial charge is 0.149 e. The van der Waals surface area contributed by atoms with Crippen LogP contribution in [0, 0.1) is 0 Å². The van der Waals surface area contributed by atoms with E-state index in [1.807, 2.05) is 0 Å². The molecule has 0 spiro atoms. The van der Waals surface area contributed by atoms with Gasteiger partial charge in [0.2, 0.25) is 0 Å². The fourth-order valence-electron chi connectivity index (χ4n) is 1.58. The minimum absolute atomic E-state index is 0.0448. The number of methoxy groups -OCH3 is 1. The molecule has 0 aromatic heterocycles. The van der Waals surface area contributed by atoms with Gasteiger partial charge in [0.1, 0.15) is 13.6 Å². The molecule has 1 atom stereocenters. The summed E-state index contributed by atoms with van der Waals surface area (Å²) < 4.78 is 15.5. The number of rotatable bonds is 5. The van der Waals surface area contributed by atoms with Gasteiger partial charge in [-0.05, 0) is 25.4 Å². The van der Waals surface area contributed by atoms with Crippen LogP contribution in [0.15, 0.2) is 0 Å². The molecule has 4 nitrogen and oxygen atoms in total. The molecule has 5 heteroatoms. The highest BCUT2D eigenvalue weighted by atomic mass is 28.2. The third-order valence-electron chi connectivity index (χ3n) is 2.36. The maximum atomic E-state index is 5.59. The van der Waals surface area contributed by atoms with Crippen molar-refractivity contribution in [2.75, 3.05) is 27.2 Å². The highest BCUT2D eigenvalue weighted by Gasteiger charge is 2.10. The Kier molecular flexibility index (Phi) is 7.25. The summed E-state index contributed by atoms with van der Waals surface area (Å²) in [6.07, 6.45) is 3.97. The first kappa shape index (κ1) is 12.1. The summed E-state index contributed by atoms with van der Waals surface area (Å²) >= 11 is 0. The molecule has 0 saturated carbocycles. The first-order chi connectivity index (χ1) is 6.93. The fraction of sp³-hybridized carbons (Fsp3) is 1.00. The Labute approximate surface area is 88.2 Å². The molecule has 1 aliphatic rings. The van der Waals surface area contributed by atoms with Crippen molar-refractivity contribution in [3.05, 3.63) is 0 Å². The third-order valence-corrected chi connectivity index (χ3v) is 3.92. The van der Waals surface area contributed by atoms with Crippen LogP contribution in [0.3, 0.4) is 0 Å². The Morgan fingerprint density at radius 2 is 2.29 bits per heavy atom. The summed E-state index contributed by atoms with van der Waals surface area (Å²) in [6.45, 7) is 1.79. The largest absolute Gasteiger partial charge is 0.359 e. The lowest BCUT2D eigenvalue weighted by Crippen LogP contribution is -2.28. The van der Waals surface area contributed by atoms with Gasteiger partial charge in [-0.3, -0.25) is 0 Å². The molecule has 1 unspecified atom stereocenters. The Morgan fingerprint density at radius 1 is 1.36 bits per heavy atom. The van der Waals surface area contributed by atoms with E-state index in [4.69, 9.17) is 14.2 Å². The molecular formula is C9H21NO3Si. The van der Waals surface area contributed by atoms with E-state index in [2.05, 4.69) is 4.98 Å². The Hall–Kier alpha value is 0.0569. The van der Waals surface area contributed by atoms with Crippen LogP contribution in [0.5, 0.6) is 0 Å². The van der Waals surface area contributed by atoms with Gasteiger partial charge in [0.25, 0.3) is 0 Å². The highest BCUT2D eigenvalue weighted by Crippen LogP contribution is 2.10. The molecule has 1 saturated heterocycles. The maximum Gasteiger partial charge on any atom is 0.149 e. The van der Waals surface area contributed by atoms with E-state index in [-0.39, 0.29) is 9.68 Å². The van der Waals surface area contributed by atoms with Gasteiger partial charge < -0.3 is 19.2 Å². The molecule has 1 heterocycles. The molecule has 0 amide bonds. The Bertz CT molecular complexity index is 129. The van der Waals surface area contributed by atoms with Crippen molar-refractivity contribution in [1.82, 2.24) is 4.98 Å². The minimum atomic E-state index is 0.0448. The first-order valence-corrected chi connectivity index (χ1v) is 7.03. The van der Waals surface area contributed by atoms with Gasteiger partial charge in [-0.15, -0.1) is 0 Å². The van der Waals surface area contributed by atoms with E-state index < -0.39 is 0 Å². The van der Waals surface area contributed by atoms with Gasteiger partial charge in [0.05, 0.1) is 15.8 Å². The molecular weight excluding hydrogens is 198 g/mol. The SMILES string of the molecule is COCOCOC1CCC[SiH2]NCC1. The van der Waals surface area contributed by atoms with Crippen molar-refractivity contribution in [3.63, 3.8) is 0 Å². The Morgan fingerprint density at radius 3 is 3.14 bits per heavy atom. The predicted molar refractivity (Wildman–Crippen MR) is 57.9 cm³/mol. The normalized spacial score (nSPS) is 25.9. The van der Waals surface area contributed by atoms with Gasteiger partial charge in [0.15, 0.2) is 0 Å².